The average Bonchev–Trinajstić information content (AvgIpc) is 2.87. The molecule has 0 aliphatic heterocycles. The summed E-state index contributed by atoms with van der Waals surface area (Å²) in [6.45, 7) is 4.10. The van der Waals surface area contributed by atoms with Crippen LogP contribution in [0.5, 0.6) is 0 Å². The zero-order valence-corrected chi connectivity index (χ0v) is 11.8. The van der Waals surface area contributed by atoms with Gasteiger partial charge in [-0.1, -0.05) is 17.7 Å². The van der Waals surface area contributed by atoms with E-state index >= 15 is 0 Å². The van der Waals surface area contributed by atoms with Crippen molar-refractivity contribution in [1.82, 2.24) is 9.88 Å². The summed E-state index contributed by atoms with van der Waals surface area (Å²) in [6.07, 6.45) is 1.57. The van der Waals surface area contributed by atoms with Gasteiger partial charge in [-0.2, -0.15) is 0 Å². The molecule has 2 aromatic rings. The first-order valence-corrected chi connectivity index (χ1v) is 6.42. The first kappa shape index (κ1) is 14.3. The van der Waals surface area contributed by atoms with Crippen molar-refractivity contribution in [3.05, 3.63) is 41.8 Å². The molecule has 1 atom stereocenters. The molecule has 0 spiro atoms. The van der Waals surface area contributed by atoms with E-state index in [-0.39, 0.29) is 0 Å². The molecule has 1 unspecified atom stereocenters. The Bertz CT molecular complexity index is 589. The van der Waals surface area contributed by atoms with Gasteiger partial charge in [-0.15, -0.1) is 0 Å². The lowest BCUT2D eigenvalue weighted by atomic mass is 10.1. The number of aliphatic carboxylic acids is 1. The summed E-state index contributed by atoms with van der Waals surface area (Å²) in [7, 11) is 1.75. The molecule has 5 nitrogen and oxygen atoms in total. The zero-order valence-electron chi connectivity index (χ0n) is 11.8. The molecule has 106 valence electrons. The highest BCUT2D eigenvalue weighted by Gasteiger charge is 2.18. The van der Waals surface area contributed by atoms with Gasteiger partial charge in [0.25, 0.3) is 0 Å². The van der Waals surface area contributed by atoms with Gasteiger partial charge in [-0.05, 0) is 33.0 Å². The average molecular weight is 274 g/mol. The third-order valence-electron chi connectivity index (χ3n) is 3.28. The van der Waals surface area contributed by atoms with Crippen molar-refractivity contribution in [3.63, 3.8) is 0 Å². The summed E-state index contributed by atoms with van der Waals surface area (Å²) in [5.74, 6) is -0.300. The Hall–Kier alpha value is -2.14. The van der Waals surface area contributed by atoms with Crippen molar-refractivity contribution in [2.24, 2.45) is 0 Å². The maximum atomic E-state index is 10.9. The Morgan fingerprint density at radius 1 is 1.40 bits per heavy atom. The molecule has 0 bridgehead atoms. The van der Waals surface area contributed by atoms with E-state index in [4.69, 9.17) is 9.52 Å². The molecule has 2 rings (SSSR count). The monoisotopic (exact) mass is 274 g/mol. The minimum Gasteiger partial charge on any atom is -0.480 e. The Labute approximate surface area is 117 Å². The maximum absolute atomic E-state index is 10.9. The molecule has 0 aliphatic carbocycles. The lowest BCUT2D eigenvalue weighted by Gasteiger charge is -2.19. The predicted molar refractivity (Wildman–Crippen MR) is 75.2 cm³/mol. The van der Waals surface area contributed by atoms with Crippen LogP contribution in [0.3, 0.4) is 0 Å². The lowest BCUT2D eigenvalue weighted by molar-refractivity contribution is -0.142. The normalized spacial score (nSPS) is 12.6. The van der Waals surface area contributed by atoms with E-state index in [2.05, 4.69) is 4.98 Å². The van der Waals surface area contributed by atoms with Gasteiger partial charge >= 0.3 is 5.97 Å². The van der Waals surface area contributed by atoms with Crippen LogP contribution in [0.15, 0.2) is 34.9 Å². The topological polar surface area (TPSA) is 66.6 Å². The molecule has 20 heavy (non-hydrogen) atoms. The number of aromatic nitrogens is 1. The molecule has 0 saturated carbocycles. The number of carbonyl (C=O) groups is 1. The summed E-state index contributed by atoms with van der Waals surface area (Å²) in [4.78, 5) is 17.0. The number of carboxylic acids is 1. The number of oxazole rings is 1. The molecule has 1 heterocycles. The quantitative estimate of drug-likeness (QED) is 0.907. The third-order valence-corrected chi connectivity index (χ3v) is 3.28. The molecular weight excluding hydrogens is 256 g/mol. The summed E-state index contributed by atoms with van der Waals surface area (Å²) < 4.78 is 5.45. The van der Waals surface area contributed by atoms with Crippen molar-refractivity contribution in [3.8, 4) is 11.5 Å². The fourth-order valence-corrected chi connectivity index (χ4v) is 1.79. The van der Waals surface area contributed by atoms with Crippen LogP contribution in [0.4, 0.5) is 0 Å². The number of hydrogen-bond donors (Lipinski definition) is 1. The number of rotatable bonds is 5. The summed E-state index contributed by atoms with van der Waals surface area (Å²) in [5.41, 5.74) is 2.81. The Balaban J connectivity index is 2.09. The van der Waals surface area contributed by atoms with E-state index in [1.165, 1.54) is 5.56 Å². The molecular formula is C15H18N2O3. The van der Waals surface area contributed by atoms with Crippen molar-refractivity contribution in [2.75, 3.05) is 7.05 Å². The van der Waals surface area contributed by atoms with Gasteiger partial charge in [0.2, 0.25) is 5.89 Å². The van der Waals surface area contributed by atoms with Crippen LogP contribution in [0.25, 0.3) is 11.5 Å². The predicted octanol–water partition coefficient (Wildman–Crippen LogP) is 2.55. The minimum absolute atomic E-state index is 0.433. The molecule has 1 aromatic heterocycles. The molecule has 1 aromatic carbocycles. The smallest absolute Gasteiger partial charge is 0.320 e. The fraction of sp³-hybridized carbons (Fsp3) is 0.333. The number of benzene rings is 1. The van der Waals surface area contributed by atoms with Crippen LogP contribution in [0, 0.1) is 6.92 Å². The van der Waals surface area contributed by atoms with Gasteiger partial charge in [0.05, 0.1) is 5.69 Å². The standard InChI is InChI=1S/C15H18N2O3/c1-10-4-6-12(7-5-10)14-16-13(9-20-14)8-17(3)11(2)15(18)19/h4-7,9,11H,8H2,1-3H3,(H,18,19). The van der Waals surface area contributed by atoms with E-state index in [1.807, 2.05) is 31.2 Å². The molecule has 5 heteroatoms. The lowest BCUT2D eigenvalue weighted by Crippen LogP contribution is -2.35. The highest BCUT2D eigenvalue weighted by Crippen LogP contribution is 2.19. The highest BCUT2D eigenvalue weighted by atomic mass is 16.4. The van der Waals surface area contributed by atoms with Gasteiger partial charge in [0, 0.05) is 12.1 Å². The number of carboxylic acid groups (broad SMARTS) is 1. The Morgan fingerprint density at radius 2 is 2.05 bits per heavy atom. The van der Waals surface area contributed by atoms with Crippen LogP contribution >= 0.6 is 0 Å². The largest absolute Gasteiger partial charge is 0.480 e. The van der Waals surface area contributed by atoms with Crippen molar-refractivity contribution in [2.45, 2.75) is 26.4 Å². The van der Waals surface area contributed by atoms with Crippen molar-refractivity contribution >= 4 is 5.97 Å². The summed E-state index contributed by atoms with van der Waals surface area (Å²) in [6, 6.07) is 7.34. The maximum Gasteiger partial charge on any atom is 0.320 e. The van der Waals surface area contributed by atoms with E-state index in [0.717, 1.165) is 11.3 Å². The van der Waals surface area contributed by atoms with Crippen LogP contribution in [-0.2, 0) is 11.3 Å². The van der Waals surface area contributed by atoms with E-state index in [1.54, 1.807) is 25.1 Å². The van der Waals surface area contributed by atoms with Crippen LogP contribution < -0.4 is 0 Å². The van der Waals surface area contributed by atoms with Gasteiger partial charge < -0.3 is 9.52 Å². The Morgan fingerprint density at radius 3 is 2.65 bits per heavy atom. The highest BCUT2D eigenvalue weighted by molar-refractivity contribution is 5.72. The Kier molecular flexibility index (Phi) is 4.20. The number of likely N-dealkylation sites (N-methyl/N-ethyl adjacent to an activating group) is 1. The second-order valence-corrected chi connectivity index (χ2v) is 4.94. The molecule has 0 radical (unpaired) electrons. The van der Waals surface area contributed by atoms with E-state index in [9.17, 15) is 4.79 Å². The molecule has 0 fully saturated rings. The van der Waals surface area contributed by atoms with Crippen molar-refractivity contribution < 1.29 is 14.3 Å². The second kappa shape index (κ2) is 5.88. The van der Waals surface area contributed by atoms with E-state index < -0.39 is 12.0 Å². The number of hydrogen-bond acceptors (Lipinski definition) is 4. The molecule has 0 aliphatic rings. The first-order chi connectivity index (χ1) is 9.47. The summed E-state index contributed by atoms with van der Waals surface area (Å²) in [5, 5.41) is 8.95. The van der Waals surface area contributed by atoms with Gasteiger partial charge in [0.15, 0.2) is 0 Å². The molecule has 0 saturated heterocycles. The van der Waals surface area contributed by atoms with Gasteiger partial charge in [-0.25, -0.2) is 4.98 Å². The zero-order chi connectivity index (χ0) is 14.7. The van der Waals surface area contributed by atoms with Crippen LogP contribution in [0.2, 0.25) is 0 Å². The number of nitrogens with zero attached hydrogens (tertiary/aromatic N) is 2. The fourth-order valence-electron chi connectivity index (χ4n) is 1.79. The minimum atomic E-state index is -0.852. The van der Waals surface area contributed by atoms with Crippen LogP contribution in [-0.4, -0.2) is 34.0 Å². The summed E-state index contributed by atoms with van der Waals surface area (Å²) >= 11 is 0. The van der Waals surface area contributed by atoms with Crippen LogP contribution in [0.1, 0.15) is 18.2 Å². The van der Waals surface area contributed by atoms with Gasteiger partial charge in [-0.3, -0.25) is 9.69 Å². The molecule has 1 N–H and O–H groups in total. The first-order valence-electron chi connectivity index (χ1n) is 6.42. The second-order valence-electron chi connectivity index (χ2n) is 4.94. The number of aryl methyl sites for hydroxylation is 1. The van der Waals surface area contributed by atoms with Crippen molar-refractivity contribution in [1.29, 1.82) is 0 Å². The SMILES string of the molecule is Cc1ccc(-c2nc(CN(C)C(C)C(=O)O)co2)cc1. The molecule has 0 amide bonds. The third kappa shape index (κ3) is 3.24. The van der Waals surface area contributed by atoms with E-state index in [0.29, 0.717) is 12.4 Å². The van der Waals surface area contributed by atoms with Gasteiger partial charge in [0.1, 0.15) is 12.3 Å².